The molecular formula is C29H29BrN2O3S2. The molecule has 5 nitrogen and oxygen atoms in total. The molecule has 2 heterocycles. The average molecular weight is 598 g/mol. The molecule has 0 bridgehead atoms. The van der Waals surface area contributed by atoms with Crippen molar-refractivity contribution in [3.8, 4) is 11.4 Å². The fourth-order valence-electron chi connectivity index (χ4n) is 4.90. The van der Waals surface area contributed by atoms with E-state index in [1.165, 1.54) is 22.2 Å². The zero-order valence-corrected chi connectivity index (χ0v) is 24.6. The van der Waals surface area contributed by atoms with Crippen LogP contribution in [0.4, 0.5) is 0 Å². The molecule has 2 aromatic carbocycles. The van der Waals surface area contributed by atoms with Gasteiger partial charge in [-0.15, -0.1) is 11.3 Å². The lowest BCUT2D eigenvalue weighted by atomic mass is 9.72. The van der Waals surface area contributed by atoms with Gasteiger partial charge in [-0.05, 0) is 82.4 Å². The first kappa shape index (κ1) is 26.2. The average Bonchev–Trinajstić information content (AvgIpc) is 3.25. The molecule has 0 fully saturated rings. The Labute approximate surface area is 233 Å². The molecule has 37 heavy (non-hydrogen) atoms. The lowest BCUT2D eigenvalue weighted by molar-refractivity contribution is 0.102. The van der Waals surface area contributed by atoms with Crippen molar-refractivity contribution in [2.45, 2.75) is 45.2 Å². The van der Waals surface area contributed by atoms with Crippen molar-refractivity contribution in [3.05, 3.63) is 79.4 Å². The largest absolute Gasteiger partial charge is 0.496 e. The van der Waals surface area contributed by atoms with Crippen molar-refractivity contribution in [2.24, 2.45) is 11.3 Å². The molecule has 0 amide bonds. The number of ether oxygens (including phenoxy) is 1. The molecule has 0 spiro atoms. The number of aromatic nitrogens is 2. The molecule has 0 saturated carbocycles. The van der Waals surface area contributed by atoms with Gasteiger partial charge in [0, 0.05) is 10.4 Å². The summed E-state index contributed by atoms with van der Waals surface area (Å²) in [4.78, 5) is 34.1. The molecule has 1 atom stereocenters. The van der Waals surface area contributed by atoms with E-state index in [9.17, 15) is 9.59 Å². The highest BCUT2D eigenvalue weighted by molar-refractivity contribution is 9.10. The van der Waals surface area contributed by atoms with E-state index in [0.29, 0.717) is 22.4 Å². The monoisotopic (exact) mass is 596 g/mol. The maximum absolute atomic E-state index is 14.0. The van der Waals surface area contributed by atoms with Crippen molar-refractivity contribution in [1.82, 2.24) is 9.55 Å². The number of halogens is 1. The van der Waals surface area contributed by atoms with Gasteiger partial charge in [0.15, 0.2) is 10.9 Å². The smallest absolute Gasteiger partial charge is 0.267 e. The summed E-state index contributed by atoms with van der Waals surface area (Å²) in [5, 5.41) is 1.28. The van der Waals surface area contributed by atoms with Gasteiger partial charge in [-0.3, -0.25) is 14.2 Å². The first-order valence-electron chi connectivity index (χ1n) is 12.3. The predicted octanol–water partition coefficient (Wildman–Crippen LogP) is 7.34. The maximum atomic E-state index is 14.0. The van der Waals surface area contributed by atoms with Gasteiger partial charge >= 0.3 is 0 Å². The number of thioether (sulfide) groups is 1. The molecule has 1 aliphatic rings. The van der Waals surface area contributed by atoms with Gasteiger partial charge in [0.25, 0.3) is 5.56 Å². The van der Waals surface area contributed by atoms with Crippen LogP contribution in [0.3, 0.4) is 0 Å². The summed E-state index contributed by atoms with van der Waals surface area (Å²) in [6, 6.07) is 14.9. The Hall–Kier alpha value is -2.42. The number of hydrogen-bond acceptors (Lipinski definition) is 6. The molecule has 2 aromatic heterocycles. The molecule has 1 unspecified atom stereocenters. The number of Topliss-reactive ketones (excluding diaryl/α,β-unsaturated/α-hetero) is 1. The van der Waals surface area contributed by atoms with Gasteiger partial charge in [0.05, 0.1) is 28.4 Å². The van der Waals surface area contributed by atoms with Crippen LogP contribution < -0.4 is 10.3 Å². The van der Waals surface area contributed by atoms with Gasteiger partial charge < -0.3 is 4.74 Å². The van der Waals surface area contributed by atoms with Gasteiger partial charge in [0.1, 0.15) is 10.6 Å². The van der Waals surface area contributed by atoms with Gasteiger partial charge in [-0.2, -0.15) is 0 Å². The molecule has 0 aliphatic heterocycles. The standard InChI is InChI=1S/C29H29BrN2O3S2/c1-29(2,3)18-11-12-20-24(15-18)37-26-25(20)27(34)32(19-8-6-5-7-9-19)28(31-26)36-16-22(33)17-10-13-23(35-4)21(30)14-17/h5-10,13-14,18H,11-12,15-16H2,1-4H3. The van der Waals surface area contributed by atoms with Crippen molar-refractivity contribution >= 4 is 55.0 Å². The molecular weight excluding hydrogens is 568 g/mol. The summed E-state index contributed by atoms with van der Waals surface area (Å²) < 4.78 is 7.68. The predicted molar refractivity (Wildman–Crippen MR) is 156 cm³/mol. The molecule has 0 saturated heterocycles. The number of thiophene rings is 1. The molecule has 0 N–H and O–H groups in total. The summed E-state index contributed by atoms with van der Waals surface area (Å²) >= 11 is 6.40. The van der Waals surface area contributed by atoms with E-state index in [4.69, 9.17) is 9.72 Å². The van der Waals surface area contributed by atoms with Crippen LogP contribution in [0.25, 0.3) is 15.9 Å². The summed E-state index contributed by atoms with van der Waals surface area (Å²) in [5.41, 5.74) is 2.68. The Morgan fingerprint density at radius 2 is 1.97 bits per heavy atom. The number of benzene rings is 2. The SMILES string of the molecule is COc1ccc(C(=O)CSc2nc3sc4c(c3c(=O)n2-c2ccccc2)CCC(C(C)(C)C)C4)cc1Br. The van der Waals surface area contributed by atoms with Crippen LogP contribution in [0, 0.1) is 11.3 Å². The number of carbonyl (C=O) groups excluding carboxylic acids is 1. The van der Waals surface area contributed by atoms with E-state index < -0.39 is 0 Å². The van der Waals surface area contributed by atoms with E-state index in [1.807, 2.05) is 30.3 Å². The summed E-state index contributed by atoms with van der Waals surface area (Å²) in [7, 11) is 1.59. The van der Waals surface area contributed by atoms with Crippen molar-refractivity contribution in [3.63, 3.8) is 0 Å². The Bertz CT molecular complexity index is 1540. The Morgan fingerprint density at radius 3 is 2.65 bits per heavy atom. The molecule has 192 valence electrons. The first-order valence-corrected chi connectivity index (χ1v) is 14.9. The Balaban J connectivity index is 1.54. The molecule has 8 heteroatoms. The third-order valence-electron chi connectivity index (χ3n) is 7.10. The topological polar surface area (TPSA) is 61.2 Å². The molecule has 4 aromatic rings. The van der Waals surface area contributed by atoms with E-state index in [-0.39, 0.29) is 22.5 Å². The van der Waals surface area contributed by atoms with Crippen molar-refractivity contribution in [1.29, 1.82) is 0 Å². The van der Waals surface area contributed by atoms with Crippen LogP contribution in [0.2, 0.25) is 0 Å². The van der Waals surface area contributed by atoms with Crippen LogP contribution in [-0.2, 0) is 12.8 Å². The van der Waals surface area contributed by atoms with Gasteiger partial charge in [-0.1, -0.05) is 50.7 Å². The van der Waals surface area contributed by atoms with Crippen LogP contribution >= 0.6 is 39.0 Å². The third kappa shape index (κ3) is 5.16. The van der Waals surface area contributed by atoms with E-state index in [2.05, 4.69) is 36.7 Å². The quantitative estimate of drug-likeness (QED) is 0.132. The highest BCUT2D eigenvalue weighted by Gasteiger charge is 2.32. The lowest BCUT2D eigenvalue weighted by Gasteiger charge is -2.33. The van der Waals surface area contributed by atoms with Crippen molar-refractivity contribution in [2.75, 3.05) is 12.9 Å². The number of fused-ring (bicyclic) bond motifs is 3. The zero-order chi connectivity index (χ0) is 26.3. The minimum absolute atomic E-state index is 0.0409. The molecule has 1 aliphatic carbocycles. The number of nitrogens with zero attached hydrogens (tertiary/aromatic N) is 2. The minimum atomic E-state index is -0.0509. The number of methoxy groups -OCH3 is 1. The molecule has 5 rings (SSSR count). The zero-order valence-electron chi connectivity index (χ0n) is 21.3. The fourth-order valence-corrected chi connectivity index (χ4v) is 7.69. The number of para-hydroxylation sites is 1. The first-order chi connectivity index (χ1) is 17.7. The second kappa shape index (κ2) is 10.4. The van der Waals surface area contributed by atoms with Gasteiger partial charge in [-0.25, -0.2) is 4.98 Å². The van der Waals surface area contributed by atoms with Gasteiger partial charge in [0.2, 0.25) is 0 Å². The summed E-state index contributed by atoms with van der Waals surface area (Å²) in [5.74, 6) is 1.38. The van der Waals surface area contributed by atoms with Crippen LogP contribution in [0.15, 0.2) is 63.0 Å². The van der Waals surface area contributed by atoms with Crippen LogP contribution in [-0.4, -0.2) is 28.2 Å². The van der Waals surface area contributed by atoms with E-state index >= 15 is 0 Å². The minimum Gasteiger partial charge on any atom is -0.496 e. The van der Waals surface area contributed by atoms with E-state index in [0.717, 1.165) is 39.6 Å². The third-order valence-corrected chi connectivity index (χ3v) is 9.80. The highest BCUT2D eigenvalue weighted by Crippen LogP contribution is 2.42. The lowest BCUT2D eigenvalue weighted by Crippen LogP contribution is -2.27. The van der Waals surface area contributed by atoms with Crippen LogP contribution in [0.1, 0.15) is 48.0 Å². The second-order valence-corrected chi connectivity index (χ2v) is 13.3. The second-order valence-electron chi connectivity index (χ2n) is 10.4. The summed E-state index contributed by atoms with van der Waals surface area (Å²) in [6.45, 7) is 6.89. The maximum Gasteiger partial charge on any atom is 0.267 e. The summed E-state index contributed by atoms with van der Waals surface area (Å²) in [6.07, 6.45) is 2.97. The number of hydrogen-bond donors (Lipinski definition) is 0. The fraction of sp³-hybridized carbons (Fsp3) is 0.345. The van der Waals surface area contributed by atoms with Crippen LogP contribution in [0.5, 0.6) is 5.75 Å². The Morgan fingerprint density at radius 1 is 1.22 bits per heavy atom. The Kier molecular flexibility index (Phi) is 7.35. The highest BCUT2D eigenvalue weighted by atomic mass is 79.9. The van der Waals surface area contributed by atoms with E-state index in [1.54, 1.807) is 41.2 Å². The van der Waals surface area contributed by atoms with Crippen molar-refractivity contribution < 1.29 is 9.53 Å². The normalized spacial score (nSPS) is 15.5. The number of ketones is 1. The number of rotatable bonds is 6. The molecule has 0 radical (unpaired) electrons. The number of carbonyl (C=O) groups is 1. The number of aryl methyl sites for hydroxylation is 1.